The van der Waals surface area contributed by atoms with Crippen LogP contribution in [0.2, 0.25) is 0 Å². The smallest absolute Gasteiger partial charge is 0.158 e. The van der Waals surface area contributed by atoms with Gasteiger partial charge in [0.15, 0.2) is 5.75 Å². The number of ether oxygens (including phenoxy) is 1. The van der Waals surface area contributed by atoms with Crippen LogP contribution in [0.5, 0.6) is 5.75 Å². The molecule has 1 unspecified atom stereocenters. The highest BCUT2D eigenvalue weighted by Gasteiger charge is 2.25. The molecule has 0 saturated carbocycles. The Kier molecular flexibility index (Phi) is 4.24. The number of nitrogens with two attached hydrogens (primary N) is 2. The number of hydrogen-bond acceptors (Lipinski definition) is 5. The number of anilines is 2. The van der Waals surface area contributed by atoms with Crippen molar-refractivity contribution >= 4 is 23.1 Å². The largest absolute Gasteiger partial charge is 0.485 e. The van der Waals surface area contributed by atoms with Crippen LogP contribution in [0.25, 0.3) is 0 Å². The van der Waals surface area contributed by atoms with E-state index in [4.69, 9.17) is 16.2 Å². The normalized spacial score (nSPS) is 18.5. The Morgan fingerprint density at radius 3 is 2.61 bits per heavy atom. The minimum Gasteiger partial charge on any atom is -0.485 e. The zero-order valence-electron chi connectivity index (χ0n) is 11.0. The van der Waals surface area contributed by atoms with Gasteiger partial charge < -0.3 is 21.1 Å². The van der Waals surface area contributed by atoms with Gasteiger partial charge in [-0.15, -0.1) is 11.8 Å². The number of fused-ring (bicyclic) bond motifs is 1. The number of thioether (sulfide) groups is 1. The summed E-state index contributed by atoms with van der Waals surface area (Å²) in [4.78, 5) is 3.35. The van der Waals surface area contributed by atoms with Crippen molar-refractivity contribution in [2.45, 2.75) is 24.8 Å². The maximum absolute atomic E-state index is 6.01. The van der Waals surface area contributed by atoms with E-state index in [0.717, 1.165) is 41.7 Å². The van der Waals surface area contributed by atoms with Gasteiger partial charge in [-0.05, 0) is 25.2 Å². The minimum atomic E-state index is 0.187. The summed E-state index contributed by atoms with van der Waals surface area (Å²) in [6.45, 7) is 7.35. The Morgan fingerprint density at radius 2 is 1.94 bits per heavy atom. The number of likely N-dealkylation sites (N-methyl/N-ethyl adjacent to an activating group) is 1. The summed E-state index contributed by atoms with van der Waals surface area (Å²) in [7, 11) is 0. The van der Waals surface area contributed by atoms with E-state index >= 15 is 0 Å². The molecule has 0 amide bonds. The van der Waals surface area contributed by atoms with Crippen LogP contribution >= 0.6 is 11.8 Å². The molecule has 0 spiro atoms. The molecule has 0 bridgehead atoms. The molecular weight excluding hydrogens is 246 g/mol. The summed E-state index contributed by atoms with van der Waals surface area (Å²) in [5.41, 5.74) is 13.3. The molecule has 1 heterocycles. The first kappa shape index (κ1) is 13.4. The highest BCUT2D eigenvalue weighted by atomic mass is 32.2. The van der Waals surface area contributed by atoms with Crippen LogP contribution in [0.4, 0.5) is 11.4 Å². The summed E-state index contributed by atoms with van der Waals surface area (Å²) in [5.74, 6) is 1.69. The van der Waals surface area contributed by atoms with Crippen molar-refractivity contribution in [3.8, 4) is 5.75 Å². The van der Waals surface area contributed by atoms with E-state index < -0.39 is 0 Å². The van der Waals surface area contributed by atoms with Crippen molar-refractivity contribution in [3.05, 3.63) is 12.1 Å². The van der Waals surface area contributed by atoms with Gasteiger partial charge in [-0.25, -0.2) is 0 Å². The van der Waals surface area contributed by atoms with Crippen molar-refractivity contribution in [1.29, 1.82) is 0 Å². The van der Waals surface area contributed by atoms with E-state index in [1.165, 1.54) is 0 Å². The lowest BCUT2D eigenvalue weighted by Gasteiger charge is -2.31. The third-order valence-corrected chi connectivity index (χ3v) is 4.48. The Bertz CT molecular complexity index is 421. The molecule has 1 aliphatic heterocycles. The molecule has 4 nitrogen and oxygen atoms in total. The van der Waals surface area contributed by atoms with Crippen LogP contribution in [0.1, 0.15) is 13.8 Å². The molecule has 0 fully saturated rings. The topological polar surface area (TPSA) is 64.5 Å². The van der Waals surface area contributed by atoms with Crippen molar-refractivity contribution < 1.29 is 4.74 Å². The Balaban J connectivity index is 2.12. The first-order chi connectivity index (χ1) is 8.65. The van der Waals surface area contributed by atoms with Crippen LogP contribution in [0.3, 0.4) is 0 Å². The van der Waals surface area contributed by atoms with Gasteiger partial charge in [0.2, 0.25) is 0 Å². The van der Waals surface area contributed by atoms with Crippen molar-refractivity contribution in [3.63, 3.8) is 0 Å². The second kappa shape index (κ2) is 5.71. The molecule has 5 heteroatoms. The molecule has 1 aliphatic rings. The summed E-state index contributed by atoms with van der Waals surface area (Å²) in [6, 6.07) is 3.66. The molecule has 100 valence electrons. The third-order valence-electron chi connectivity index (χ3n) is 3.23. The van der Waals surface area contributed by atoms with Gasteiger partial charge in [-0.3, -0.25) is 0 Å². The molecule has 0 aromatic heterocycles. The Labute approximate surface area is 113 Å². The van der Waals surface area contributed by atoms with E-state index in [1.807, 2.05) is 12.1 Å². The van der Waals surface area contributed by atoms with Crippen LogP contribution in [-0.2, 0) is 0 Å². The molecule has 2 rings (SSSR count). The summed E-state index contributed by atoms with van der Waals surface area (Å²) >= 11 is 1.74. The monoisotopic (exact) mass is 267 g/mol. The fourth-order valence-electron chi connectivity index (χ4n) is 2.10. The van der Waals surface area contributed by atoms with Gasteiger partial charge >= 0.3 is 0 Å². The molecule has 0 aliphatic carbocycles. The SMILES string of the molecule is CCN(CC)CC1CSc2c(N)ccc(N)c2O1. The van der Waals surface area contributed by atoms with E-state index in [0.29, 0.717) is 5.69 Å². The molecule has 1 atom stereocenters. The zero-order chi connectivity index (χ0) is 13.1. The van der Waals surface area contributed by atoms with E-state index in [1.54, 1.807) is 11.8 Å². The van der Waals surface area contributed by atoms with Crippen LogP contribution < -0.4 is 16.2 Å². The van der Waals surface area contributed by atoms with Gasteiger partial charge in [0.05, 0.1) is 10.6 Å². The number of hydrogen-bond donors (Lipinski definition) is 2. The molecule has 18 heavy (non-hydrogen) atoms. The van der Waals surface area contributed by atoms with Gasteiger partial charge in [-0.2, -0.15) is 0 Å². The lowest BCUT2D eigenvalue weighted by atomic mass is 10.2. The Hall–Kier alpha value is -1.07. The highest BCUT2D eigenvalue weighted by molar-refractivity contribution is 7.99. The van der Waals surface area contributed by atoms with E-state index in [2.05, 4.69) is 18.7 Å². The van der Waals surface area contributed by atoms with Gasteiger partial charge in [-0.1, -0.05) is 13.8 Å². The van der Waals surface area contributed by atoms with Crippen molar-refractivity contribution in [2.24, 2.45) is 0 Å². The second-order valence-electron chi connectivity index (χ2n) is 4.44. The predicted octanol–water partition coefficient (Wildman–Crippen LogP) is 2.05. The second-order valence-corrected chi connectivity index (χ2v) is 5.47. The first-order valence-electron chi connectivity index (χ1n) is 6.35. The summed E-state index contributed by atoms with van der Waals surface area (Å²) in [6.07, 6.45) is 0.187. The van der Waals surface area contributed by atoms with Crippen molar-refractivity contribution in [2.75, 3.05) is 36.9 Å². The molecule has 1 aromatic carbocycles. The third kappa shape index (κ3) is 2.67. The highest BCUT2D eigenvalue weighted by Crippen LogP contribution is 2.43. The summed E-state index contributed by atoms with van der Waals surface area (Å²) < 4.78 is 6.01. The minimum absolute atomic E-state index is 0.187. The Morgan fingerprint density at radius 1 is 1.28 bits per heavy atom. The number of benzene rings is 1. The van der Waals surface area contributed by atoms with Gasteiger partial charge in [0.25, 0.3) is 0 Å². The van der Waals surface area contributed by atoms with E-state index in [-0.39, 0.29) is 6.10 Å². The average molecular weight is 267 g/mol. The molecule has 0 saturated heterocycles. The number of nitrogens with zero attached hydrogens (tertiary/aromatic N) is 1. The van der Waals surface area contributed by atoms with Crippen molar-refractivity contribution in [1.82, 2.24) is 4.90 Å². The molecule has 4 N–H and O–H groups in total. The number of nitrogen functional groups attached to an aromatic ring is 2. The van der Waals surface area contributed by atoms with Crippen LogP contribution in [0, 0.1) is 0 Å². The number of rotatable bonds is 4. The van der Waals surface area contributed by atoms with Gasteiger partial charge in [0.1, 0.15) is 6.10 Å². The maximum Gasteiger partial charge on any atom is 0.158 e. The predicted molar refractivity (Wildman–Crippen MR) is 78.2 cm³/mol. The molecule has 1 aromatic rings. The van der Waals surface area contributed by atoms with Crippen LogP contribution in [0.15, 0.2) is 17.0 Å². The summed E-state index contributed by atoms with van der Waals surface area (Å²) in [5, 5.41) is 0. The molecular formula is C13H21N3OS. The van der Waals surface area contributed by atoms with E-state index in [9.17, 15) is 0 Å². The first-order valence-corrected chi connectivity index (χ1v) is 7.34. The lowest BCUT2D eigenvalue weighted by molar-refractivity contribution is 0.151. The average Bonchev–Trinajstić information content (AvgIpc) is 2.40. The van der Waals surface area contributed by atoms with Gasteiger partial charge in [0, 0.05) is 18.0 Å². The standard InChI is InChI=1S/C13H21N3OS/c1-3-16(4-2)7-9-8-18-13-11(15)6-5-10(14)12(13)17-9/h5-6,9H,3-4,7-8,14-15H2,1-2H3. The van der Waals surface area contributed by atoms with Crippen LogP contribution in [-0.4, -0.2) is 36.4 Å². The fourth-order valence-corrected chi connectivity index (χ4v) is 3.16. The molecule has 0 radical (unpaired) electrons. The quantitative estimate of drug-likeness (QED) is 0.817. The maximum atomic E-state index is 6.01. The lowest BCUT2D eigenvalue weighted by Crippen LogP contribution is -2.38. The zero-order valence-corrected chi connectivity index (χ0v) is 11.8. The fraction of sp³-hybridized carbons (Fsp3) is 0.538.